The number of rotatable bonds is 7. The Hall–Kier alpha value is -3.29. The average molecular weight is 373 g/mol. The number of carbonyl (C=O) groups is 2. The first-order valence-electron chi connectivity index (χ1n) is 8.31. The number of hydrogen-bond acceptors (Lipinski definition) is 4. The molecule has 1 N–H and O–H groups in total. The molecule has 0 aliphatic rings. The highest BCUT2D eigenvalue weighted by atomic mass is 19.1. The largest absolute Gasteiger partial charge is 0.357 e. The van der Waals surface area contributed by atoms with Gasteiger partial charge in [0.15, 0.2) is 0 Å². The fourth-order valence-corrected chi connectivity index (χ4v) is 2.68. The van der Waals surface area contributed by atoms with E-state index in [1.54, 1.807) is 13.0 Å². The van der Waals surface area contributed by atoms with E-state index < -0.39 is 22.7 Å². The number of benzene rings is 2. The normalized spacial score (nSPS) is 11.5. The van der Waals surface area contributed by atoms with Gasteiger partial charge in [-0.05, 0) is 24.6 Å². The number of para-hydroxylation sites is 1. The Labute approximate surface area is 155 Å². The van der Waals surface area contributed by atoms with Crippen molar-refractivity contribution in [1.29, 1.82) is 0 Å². The van der Waals surface area contributed by atoms with Crippen molar-refractivity contribution in [2.45, 2.75) is 25.9 Å². The highest BCUT2D eigenvalue weighted by molar-refractivity contribution is 5.88. The fraction of sp³-hybridized carbons (Fsp3) is 0.263. The van der Waals surface area contributed by atoms with Crippen LogP contribution in [0.15, 0.2) is 48.5 Å². The molecule has 0 fully saturated rings. The van der Waals surface area contributed by atoms with E-state index in [2.05, 4.69) is 5.32 Å². The summed E-state index contributed by atoms with van der Waals surface area (Å²) in [7, 11) is 1.46. The van der Waals surface area contributed by atoms with Gasteiger partial charge in [0.1, 0.15) is 11.9 Å². The Kier molecular flexibility index (Phi) is 6.59. The molecule has 0 unspecified atom stereocenters. The summed E-state index contributed by atoms with van der Waals surface area (Å²) in [5.41, 5.74) is 0.754. The van der Waals surface area contributed by atoms with Crippen molar-refractivity contribution in [2.24, 2.45) is 0 Å². The number of hydrogen-bond donors (Lipinski definition) is 1. The smallest absolute Gasteiger partial charge is 0.273 e. The quantitative estimate of drug-likeness (QED) is 0.596. The van der Waals surface area contributed by atoms with Crippen molar-refractivity contribution in [3.8, 4) is 0 Å². The Morgan fingerprint density at radius 2 is 1.81 bits per heavy atom. The zero-order valence-corrected chi connectivity index (χ0v) is 15.0. The van der Waals surface area contributed by atoms with E-state index in [-0.39, 0.29) is 30.1 Å². The van der Waals surface area contributed by atoms with Gasteiger partial charge < -0.3 is 10.2 Å². The average Bonchev–Trinajstić information content (AvgIpc) is 2.66. The van der Waals surface area contributed by atoms with Crippen LogP contribution in [-0.4, -0.2) is 34.7 Å². The zero-order valence-electron chi connectivity index (χ0n) is 15.0. The van der Waals surface area contributed by atoms with Crippen molar-refractivity contribution >= 4 is 17.5 Å². The molecule has 27 heavy (non-hydrogen) atoms. The Morgan fingerprint density at radius 3 is 2.41 bits per heavy atom. The van der Waals surface area contributed by atoms with Crippen molar-refractivity contribution in [3.63, 3.8) is 0 Å². The van der Waals surface area contributed by atoms with Gasteiger partial charge in [0.25, 0.3) is 5.69 Å². The van der Waals surface area contributed by atoms with Crippen LogP contribution in [0.25, 0.3) is 0 Å². The summed E-state index contributed by atoms with van der Waals surface area (Å²) in [6.45, 7) is 1.65. The van der Waals surface area contributed by atoms with E-state index in [0.29, 0.717) is 5.56 Å². The third kappa shape index (κ3) is 5.10. The lowest BCUT2D eigenvalue weighted by Gasteiger charge is -2.28. The minimum absolute atomic E-state index is 0.0777. The van der Waals surface area contributed by atoms with Crippen molar-refractivity contribution in [1.82, 2.24) is 10.2 Å². The number of amides is 2. The third-order valence-electron chi connectivity index (χ3n) is 4.21. The first kappa shape index (κ1) is 20.0. The van der Waals surface area contributed by atoms with Crippen LogP contribution in [0.4, 0.5) is 10.1 Å². The first-order chi connectivity index (χ1) is 12.8. The van der Waals surface area contributed by atoms with E-state index in [1.165, 1.54) is 54.4 Å². The van der Waals surface area contributed by atoms with Gasteiger partial charge in [-0.3, -0.25) is 19.7 Å². The van der Waals surface area contributed by atoms with Gasteiger partial charge in [-0.1, -0.05) is 30.3 Å². The van der Waals surface area contributed by atoms with Crippen LogP contribution in [0.5, 0.6) is 0 Å². The molecule has 2 amide bonds. The maximum Gasteiger partial charge on any atom is 0.273 e. The van der Waals surface area contributed by atoms with Crippen LogP contribution >= 0.6 is 0 Å². The fourth-order valence-electron chi connectivity index (χ4n) is 2.68. The van der Waals surface area contributed by atoms with E-state index in [9.17, 15) is 24.1 Å². The van der Waals surface area contributed by atoms with Crippen LogP contribution in [0.1, 0.15) is 18.1 Å². The molecule has 0 saturated heterocycles. The predicted octanol–water partition coefficient (Wildman–Crippen LogP) is 2.44. The van der Waals surface area contributed by atoms with E-state index in [1.807, 2.05) is 0 Å². The van der Waals surface area contributed by atoms with Crippen molar-refractivity contribution in [3.05, 3.63) is 75.6 Å². The number of likely N-dealkylation sites (N-methyl/N-ethyl adjacent to an activating group) is 1. The molecule has 2 aromatic rings. The Morgan fingerprint density at radius 1 is 1.19 bits per heavy atom. The van der Waals surface area contributed by atoms with Gasteiger partial charge in [-0.25, -0.2) is 4.39 Å². The van der Waals surface area contributed by atoms with E-state index in [4.69, 9.17) is 0 Å². The minimum atomic E-state index is -0.796. The first-order valence-corrected chi connectivity index (χ1v) is 8.31. The van der Waals surface area contributed by atoms with Crippen LogP contribution in [-0.2, 0) is 22.6 Å². The number of nitrogens with zero attached hydrogens (tertiary/aromatic N) is 2. The molecule has 7 nitrogen and oxygen atoms in total. The molecular formula is C19H20FN3O4. The predicted molar refractivity (Wildman–Crippen MR) is 97.3 cm³/mol. The molecule has 142 valence electrons. The van der Waals surface area contributed by atoms with Crippen LogP contribution in [0.2, 0.25) is 0 Å². The van der Waals surface area contributed by atoms with Crippen LogP contribution in [0.3, 0.4) is 0 Å². The number of nitro groups is 1. The van der Waals surface area contributed by atoms with E-state index in [0.717, 1.165) is 0 Å². The molecule has 0 aliphatic heterocycles. The van der Waals surface area contributed by atoms with Crippen LogP contribution < -0.4 is 5.32 Å². The molecule has 2 rings (SSSR count). The van der Waals surface area contributed by atoms with Crippen molar-refractivity contribution in [2.75, 3.05) is 7.05 Å². The second-order valence-electron chi connectivity index (χ2n) is 6.00. The molecule has 2 aromatic carbocycles. The maximum atomic E-state index is 13.1. The number of carbonyl (C=O) groups excluding carboxylic acids is 2. The van der Waals surface area contributed by atoms with Gasteiger partial charge in [-0.2, -0.15) is 0 Å². The number of nitrogens with one attached hydrogen (secondary N) is 1. The Balaban J connectivity index is 2.29. The summed E-state index contributed by atoms with van der Waals surface area (Å²) in [6.07, 6.45) is -0.223. The molecule has 0 heterocycles. The minimum Gasteiger partial charge on any atom is -0.357 e. The summed E-state index contributed by atoms with van der Waals surface area (Å²) in [5, 5.41) is 13.7. The lowest BCUT2D eigenvalue weighted by atomic mass is 10.1. The number of nitro benzene ring substituents is 1. The lowest BCUT2D eigenvalue weighted by molar-refractivity contribution is -0.385. The highest BCUT2D eigenvalue weighted by Crippen LogP contribution is 2.20. The summed E-state index contributed by atoms with van der Waals surface area (Å²) >= 11 is 0. The molecule has 0 spiro atoms. The maximum absolute atomic E-state index is 13.1. The molecule has 0 aromatic heterocycles. The van der Waals surface area contributed by atoms with Gasteiger partial charge in [-0.15, -0.1) is 0 Å². The molecule has 0 bridgehead atoms. The van der Waals surface area contributed by atoms with E-state index >= 15 is 0 Å². The van der Waals surface area contributed by atoms with Gasteiger partial charge in [0.05, 0.1) is 11.3 Å². The standard InChI is InChI=1S/C19H20FN3O4/c1-13(19(25)21-2)22(12-14-7-9-16(20)10-8-14)18(24)11-15-5-3-4-6-17(15)23(26)27/h3-10,13H,11-12H2,1-2H3,(H,21,25)/t13-/m1/s1. The van der Waals surface area contributed by atoms with Gasteiger partial charge >= 0.3 is 0 Å². The van der Waals surface area contributed by atoms with Gasteiger partial charge in [0, 0.05) is 25.2 Å². The molecule has 0 aliphatic carbocycles. The van der Waals surface area contributed by atoms with Crippen molar-refractivity contribution < 1.29 is 18.9 Å². The SMILES string of the molecule is CNC(=O)[C@@H](C)N(Cc1ccc(F)cc1)C(=O)Cc1ccccc1[N+](=O)[O-]. The summed E-state index contributed by atoms with van der Waals surface area (Å²) in [5.74, 6) is -1.21. The molecular weight excluding hydrogens is 353 g/mol. The zero-order chi connectivity index (χ0) is 20.0. The summed E-state index contributed by atoms with van der Waals surface area (Å²) < 4.78 is 13.1. The second-order valence-corrected chi connectivity index (χ2v) is 6.00. The van der Waals surface area contributed by atoms with Crippen LogP contribution in [0, 0.1) is 15.9 Å². The Bertz CT molecular complexity index is 839. The monoisotopic (exact) mass is 373 g/mol. The molecule has 0 saturated carbocycles. The summed E-state index contributed by atoms with van der Waals surface area (Å²) in [4.78, 5) is 36.9. The van der Waals surface area contributed by atoms with Gasteiger partial charge in [0.2, 0.25) is 11.8 Å². The molecule has 1 atom stereocenters. The lowest BCUT2D eigenvalue weighted by Crippen LogP contribution is -2.47. The third-order valence-corrected chi connectivity index (χ3v) is 4.21. The number of halogens is 1. The molecule has 8 heteroatoms. The topological polar surface area (TPSA) is 92.6 Å². The second kappa shape index (κ2) is 8.88. The molecule has 0 radical (unpaired) electrons. The summed E-state index contributed by atoms with van der Waals surface area (Å²) in [6, 6.07) is 10.8. The highest BCUT2D eigenvalue weighted by Gasteiger charge is 2.27.